The van der Waals surface area contributed by atoms with Gasteiger partial charge in [-0.25, -0.2) is 9.97 Å². The van der Waals surface area contributed by atoms with Gasteiger partial charge in [-0.2, -0.15) is 0 Å². The number of aromatic nitrogens is 3. The van der Waals surface area contributed by atoms with Crippen molar-refractivity contribution in [1.29, 1.82) is 0 Å². The Morgan fingerprint density at radius 3 is 3.09 bits per heavy atom. The molecule has 0 bridgehead atoms. The highest BCUT2D eigenvalue weighted by Crippen LogP contribution is 2.20. The van der Waals surface area contributed by atoms with Crippen LogP contribution in [0.15, 0.2) is 36.9 Å². The van der Waals surface area contributed by atoms with Crippen molar-refractivity contribution in [2.45, 2.75) is 19.5 Å². The molecule has 0 aliphatic carbocycles. The number of nitrogens with zero attached hydrogens (tertiary/aromatic N) is 4. The molecular formula is C16H20N4O2. The average Bonchev–Trinajstić information content (AvgIpc) is 2.91. The number of hydrogen-bond donors (Lipinski definition) is 0. The minimum Gasteiger partial charge on any atom is -0.385 e. The summed E-state index contributed by atoms with van der Waals surface area (Å²) in [6, 6.07) is 5.76. The first kappa shape index (κ1) is 14.7. The fourth-order valence-corrected chi connectivity index (χ4v) is 2.88. The Morgan fingerprint density at radius 2 is 2.32 bits per heavy atom. The molecule has 0 saturated heterocycles. The Kier molecular flexibility index (Phi) is 4.48. The molecule has 2 aromatic rings. The van der Waals surface area contributed by atoms with Gasteiger partial charge in [-0.05, 0) is 30.5 Å². The van der Waals surface area contributed by atoms with Crippen LogP contribution in [0.4, 0.5) is 0 Å². The maximum Gasteiger partial charge on any atom is 0.272 e. The van der Waals surface area contributed by atoms with Gasteiger partial charge in [0.1, 0.15) is 12.0 Å². The molecule has 3 heterocycles. The van der Waals surface area contributed by atoms with E-state index in [1.807, 2.05) is 11.0 Å². The second-order valence-electron chi connectivity index (χ2n) is 5.58. The van der Waals surface area contributed by atoms with Gasteiger partial charge in [0, 0.05) is 44.9 Å². The molecule has 0 spiro atoms. The number of carbonyl (C=O) groups excluding carboxylic acids is 1. The lowest BCUT2D eigenvalue weighted by molar-refractivity contribution is 0.0699. The van der Waals surface area contributed by atoms with Crippen LogP contribution in [0.2, 0.25) is 0 Å². The van der Waals surface area contributed by atoms with E-state index in [-0.39, 0.29) is 5.91 Å². The molecule has 0 saturated carbocycles. The van der Waals surface area contributed by atoms with Crippen LogP contribution in [0.3, 0.4) is 0 Å². The number of fused-ring (bicyclic) bond motifs is 1. The maximum atomic E-state index is 12.7. The Bertz CT molecular complexity index is 626. The smallest absolute Gasteiger partial charge is 0.272 e. The topological polar surface area (TPSA) is 60.2 Å². The third-order valence-electron chi connectivity index (χ3n) is 4.03. The molecular weight excluding hydrogens is 280 g/mol. The van der Waals surface area contributed by atoms with Crippen LogP contribution in [0.5, 0.6) is 0 Å². The number of methoxy groups -OCH3 is 1. The van der Waals surface area contributed by atoms with Gasteiger partial charge in [-0.15, -0.1) is 0 Å². The second-order valence-corrected chi connectivity index (χ2v) is 5.58. The van der Waals surface area contributed by atoms with Gasteiger partial charge in [0.15, 0.2) is 0 Å². The summed E-state index contributed by atoms with van der Waals surface area (Å²) in [5.74, 6) is 0.332. The molecule has 1 atom stereocenters. The summed E-state index contributed by atoms with van der Waals surface area (Å²) in [5, 5.41) is 0. The molecule has 6 heteroatoms. The van der Waals surface area contributed by atoms with Crippen molar-refractivity contribution in [2.24, 2.45) is 5.92 Å². The summed E-state index contributed by atoms with van der Waals surface area (Å²) in [6.45, 7) is 2.95. The molecule has 1 aliphatic rings. The highest BCUT2D eigenvalue weighted by molar-refractivity contribution is 5.92. The largest absolute Gasteiger partial charge is 0.385 e. The molecule has 2 aromatic heterocycles. The average molecular weight is 300 g/mol. The molecule has 1 amide bonds. The first-order valence-electron chi connectivity index (χ1n) is 7.46. The van der Waals surface area contributed by atoms with Crippen molar-refractivity contribution in [3.05, 3.63) is 48.3 Å². The predicted octanol–water partition coefficient (Wildman–Crippen LogP) is 1.59. The van der Waals surface area contributed by atoms with Gasteiger partial charge in [-0.3, -0.25) is 4.79 Å². The minimum atomic E-state index is -0.0422. The van der Waals surface area contributed by atoms with E-state index in [1.165, 1.54) is 6.33 Å². The van der Waals surface area contributed by atoms with Crippen LogP contribution in [-0.4, -0.2) is 45.6 Å². The molecule has 0 fully saturated rings. The van der Waals surface area contributed by atoms with Crippen LogP contribution in [-0.2, 0) is 17.8 Å². The third kappa shape index (κ3) is 3.17. The Labute approximate surface area is 129 Å². The van der Waals surface area contributed by atoms with Crippen LogP contribution in [0.25, 0.3) is 0 Å². The van der Waals surface area contributed by atoms with E-state index in [0.717, 1.165) is 18.7 Å². The van der Waals surface area contributed by atoms with Crippen LogP contribution in [0.1, 0.15) is 22.6 Å². The predicted molar refractivity (Wildman–Crippen MR) is 81.2 cm³/mol. The third-order valence-corrected chi connectivity index (χ3v) is 4.03. The second kappa shape index (κ2) is 6.70. The fraction of sp³-hybridized carbons (Fsp3) is 0.438. The van der Waals surface area contributed by atoms with Crippen molar-refractivity contribution in [3.63, 3.8) is 0 Å². The summed E-state index contributed by atoms with van der Waals surface area (Å²) in [4.78, 5) is 22.5. The number of hydrogen-bond acceptors (Lipinski definition) is 4. The maximum absolute atomic E-state index is 12.7. The van der Waals surface area contributed by atoms with Crippen molar-refractivity contribution in [2.75, 3.05) is 20.3 Å². The molecule has 3 rings (SSSR count). The summed E-state index contributed by atoms with van der Waals surface area (Å²) >= 11 is 0. The van der Waals surface area contributed by atoms with Crippen molar-refractivity contribution >= 4 is 5.91 Å². The molecule has 1 aliphatic heterocycles. The minimum absolute atomic E-state index is 0.0422. The number of carbonyl (C=O) groups is 1. The Balaban J connectivity index is 1.82. The van der Waals surface area contributed by atoms with Gasteiger partial charge in [0.2, 0.25) is 0 Å². The zero-order valence-electron chi connectivity index (χ0n) is 12.7. The molecule has 0 N–H and O–H groups in total. The zero-order chi connectivity index (χ0) is 15.4. The Hall–Kier alpha value is -2.21. The van der Waals surface area contributed by atoms with Crippen molar-refractivity contribution in [3.8, 4) is 0 Å². The van der Waals surface area contributed by atoms with E-state index < -0.39 is 0 Å². The van der Waals surface area contributed by atoms with E-state index in [2.05, 4.69) is 26.8 Å². The lowest BCUT2D eigenvalue weighted by Gasteiger charge is -2.23. The monoisotopic (exact) mass is 300 g/mol. The number of ether oxygens (including phenoxy) is 1. The number of rotatable bonds is 4. The van der Waals surface area contributed by atoms with E-state index in [0.29, 0.717) is 31.3 Å². The van der Waals surface area contributed by atoms with E-state index in [9.17, 15) is 4.79 Å². The van der Waals surface area contributed by atoms with Crippen molar-refractivity contribution in [1.82, 2.24) is 19.4 Å². The fourth-order valence-electron chi connectivity index (χ4n) is 2.88. The highest BCUT2D eigenvalue weighted by Gasteiger charge is 2.26. The lowest BCUT2D eigenvalue weighted by atomic mass is 10.1. The summed E-state index contributed by atoms with van der Waals surface area (Å²) in [5.41, 5.74) is 1.60. The first-order valence-corrected chi connectivity index (χ1v) is 7.46. The van der Waals surface area contributed by atoms with E-state index in [4.69, 9.17) is 4.74 Å². The van der Waals surface area contributed by atoms with Gasteiger partial charge in [-0.1, -0.05) is 0 Å². The van der Waals surface area contributed by atoms with Gasteiger partial charge < -0.3 is 14.2 Å². The van der Waals surface area contributed by atoms with Gasteiger partial charge >= 0.3 is 0 Å². The molecule has 1 unspecified atom stereocenters. The summed E-state index contributed by atoms with van der Waals surface area (Å²) in [7, 11) is 1.71. The molecule has 0 aromatic carbocycles. The normalized spacial score (nSPS) is 17.9. The Morgan fingerprint density at radius 1 is 1.41 bits per heavy atom. The SMILES string of the molecule is COCCC1CN(C(=O)c2ccncn2)Cc2cccn2C1. The summed E-state index contributed by atoms with van der Waals surface area (Å²) in [6.07, 6.45) is 6.02. The van der Waals surface area contributed by atoms with Crippen LogP contribution >= 0.6 is 0 Å². The highest BCUT2D eigenvalue weighted by atomic mass is 16.5. The molecule has 6 nitrogen and oxygen atoms in total. The standard InChI is InChI=1S/C16H20N4O2/c1-22-8-5-13-9-19-7-2-3-14(19)11-20(10-13)16(21)15-4-6-17-12-18-15/h2-4,6-7,12-13H,5,8-11H2,1H3. The molecule has 116 valence electrons. The van der Waals surface area contributed by atoms with E-state index >= 15 is 0 Å². The quantitative estimate of drug-likeness (QED) is 0.860. The van der Waals surface area contributed by atoms with Crippen LogP contribution in [0, 0.1) is 5.92 Å². The lowest BCUT2D eigenvalue weighted by Crippen LogP contribution is -2.34. The van der Waals surface area contributed by atoms with Gasteiger partial charge in [0.05, 0.1) is 6.54 Å². The first-order chi connectivity index (χ1) is 10.8. The summed E-state index contributed by atoms with van der Waals surface area (Å²) < 4.78 is 7.43. The number of amides is 1. The van der Waals surface area contributed by atoms with Crippen LogP contribution < -0.4 is 0 Å². The van der Waals surface area contributed by atoms with Crippen molar-refractivity contribution < 1.29 is 9.53 Å². The molecule has 22 heavy (non-hydrogen) atoms. The zero-order valence-corrected chi connectivity index (χ0v) is 12.7. The van der Waals surface area contributed by atoms with E-state index in [1.54, 1.807) is 19.4 Å². The molecule has 0 radical (unpaired) electrons. The van der Waals surface area contributed by atoms with Gasteiger partial charge in [0.25, 0.3) is 5.91 Å².